The van der Waals surface area contributed by atoms with Crippen molar-refractivity contribution in [2.24, 2.45) is 0 Å². The summed E-state index contributed by atoms with van der Waals surface area (Å²) in [6, 6.07) is 2.55. The molecule has 1 heterocycles. The van der Waals surface area contributed by atoms with Gasteiger partial charge in [-0.15, -0.1) is 0 Å². The third-order valence-corrected chi connectivity index (χ3v) is 3.63. The normalized spacial score (nSPS) is 18.6. The number of benzene rings is 1. The van der Waals surface area contributed by atoms with E-state index in [2.05, 4.69) is 26.6 Å². The van der Waals surface area contributed by atoms with E-state index >= 15 is 0 Å². The lowest BCUT2D eigenvalue weighted by Crippen LogP contribution is -2.31. The number of nitrogens with one attached hydrogen (secondary N) is 2. The Morgan fingerprint density at radius 2 is 2.11 bits per heavy atom. The average molecular weight is 333 g/mol. The molecule has 1 aromatic carbocycles. The molecule has 19 heavy (non-hydrogen) atoms. The summed E-state index contributed by atoms with van der Waals surface area (Å²) in [5.74, 6) is -2.42. The van der Waals surface area contributed by atoms with Crippen molar-refractivity contribution >= 4 is 21.8 Å². The van der Waals surface area contributed by atoms with E-state index < -0.39 is 23.1 Å². The van der Waals surface area contributed by atoms with Gasteiger partial charge in [-0.2, -0.15) is 0 Å². The second-order valence-electron chi connectivity index (χ2n) is 4.58. The van der Waals surface area contributed by atoms with Gasteiger partial charge in [0.25, 0.3) is 5.91 Å². The Morgan fingerprint density at radius 1 is 1.42 bits per heavy atom. The Hall–Kier alpha value is -1.01. The van der Waals surface area contributed by atoms with Crippen molar-refractivity contribution in [3.63, 3.8) is 0 Å². The van der Waals surface area contributed by atoms with E-state index in [9.17, 15) is 13.6 Å². The van der Waals surface area contributed by atoms with Gasteiger partial charge in [0.2, 0.25) is 0 Å². The predicted molar refractivity (Wildman–Crippen MR) is 72.0 cm³/mol. The molecule has 0 spiro atoms. The molecular formula is C13H15BrF2N2O. The minimum absolute atomic E-state index is 0.272. The van der Waals surface area contributed by atoms with Gasteiger partial charge >= 0.3 is 0 Å². The highest BCUT2D eigenvalue weighted by molar-refractivity contribution is 9.10. The maximum atomic E-state index is 13.5. The van der Waals surface area contributed by atoms with Gasteiger partial charge in [-0.05, 0) is 37.9 Å². The zero-order valence-corrected chi connectivity index (χ0v) is 11.9. The third kappa shape index (κ3) is 3.73. The smallest absolute Gasteiger partial charge is 0.257 e. The van der Waals surface area contributed by atoms with Crippen molar-refractivity contribution in [3.8, 4) is 0 Å². The summed E-state index contributed by atoms with van der Waals surface area (Å²) in [5.41, 5.74) is -0.525. The highest BCUT2D eigenvalue weighted by Crippen LogP contribution is 2.19. The fraction of sp³-hybridized carbons (Fsp3) is 0.462. The van der Waals surface area contributed by atoms with Gasteiger partial charge < -0.3 is 10.6 Å². The summed E-state index contributed by atoms with van der Waals surface area (Å²) >= 11 is 2.97. The second-order valence-corrected chi connectivity index (χ2v) is 5.50. The zero-order chi connectivity index (χ0) is 13.8. The number of hydrogen-bond acceptors (Lipinski definition) is 2. The number of carbonyl (C=O) groups excluding carboxylic acids is 1. The molecule has 0 aliphatic carbocycles. The minimum atomic E-state index is -0.858. The van der Waals surface area contributed by atoms with Crippen LogP contribution in [0.2, 0.25) is 0 Å². The first-order valence-electron chi connectivity index (χ1n) is 6.24. The van der Waals surface area contributed by atoms with Crippen LogP contribution in [0.25, 0.3) is 0 Å². The average Bonchev–Trinajstić information content (AvgIpc) is 2.80. The Kier molecular flexibility index (Phi) is 4.87. The van der Waals surface area contributed by atoms with Crippen LogP contribution in [-0.2, 0) is 0 Å². The van der Waals surface area contributed by atoms with E-state index in [1.165, 1.54) is 0 Å². The molecule has 3 nitrogen and oxygen atoms in total. The number of hydrogen-bond donors (Lipinski definition) is 2. The molecule has 1 fully saturated rings. The maximum Gasteiger partial charge on any atom is 0.257 e. The molecule has 104 valence electrons. The standard InChI is InChI=1S/C13H15BrF2N2O/c14-8-6-10(15)12(11(16)7-8)13(19)18-5-3-9-2-1-4-17-9/h6-7,9,17H,1-5H2,(H,18,19). The van der Waals surface area contributed by atoms with Crippen LogP contribution in [0.4, 0.5) is 8.78 Å². The molecule has 2 rings (SSSR count). The molecule has 0 saturated carbocycles. The van der Waals surface area contributed by atoms with Crippen molar-refractivity contribution < 1.29 is 13.6 Å². The van der Waals surface area contributed by atoms with Crippen LogP contribution in [0.1, 0.15) is 29.6 Å². The third-order valence-electron chi connectivity index (χ3n) is 3.17. The lowest BCUT2D eigenvalue weighted by atomic mass is 10.1. The molecule has 1 aliphatic heterocycles. The van der Waals surface area contributed by atoms with Crippen molar-refractivity contribution in [1.82, 2.24) is 10.6 Å². The van der Waals surface area contributed by atoms with E-state index in [0.29, 0.717) is 12.6 Å². The number of rotatable bonds is 4. The van der Waals surface area contributed by atoms with E-state index in [1.807, 2.05) is 0 Å². The highest BCUT2D eigenvalue weighted by Gasteiger charge is 2.19. The Labute approximate surface area is 118 Å². The topological polar surface area (TPSA) is 41.1 Å². The van der Waals surface area contributed by atoms with Crippen LogP contribution >= 0.6 is 15.9 Å². The van der Waals surface area contributed by atoms with Crippen LogP contribution in [0.5, 0.6) is 0 Å². The second kappa shape index (κ2) is 6.43. The lowest BCUT2D eigenvalue weighted by molar-refractivity contribution is 0.0944. The van der Waals surface area contributed by atoms with Gasteiger partial charge in [-0.25, -0.2) is 8.78 Å². The number of carbonyl (C=O) groups is 1. The Morgan fingerprint density at radius 3 is 2.68 bits per heavy atom. The SMILES string of the molecule is O=C(NCCC1CCCN1)c1c(F)cc(Br)cc1F. The minimum Gasteiger partial charge on any atom is -0.352 e. The van der Waals surface area contributed by atoms with Gasteiger partial charge in [0.15, 0.2) is 0 Å². The van der Waals surface area contributed by atoms with Gasteiger partial charge in [0.1, 0.15) is 17.2 Å². The molecule has 1 amide bonds. The molecule has 1 aliphatic rings. The first kappa shape index (κ1) is 14.4. The summed E-state index contributed by atoms with van der Waals surface area (Å²) in [6.45, 7) is 1.40. The predicted octanol–water partition coefficient (Wildman–Crippen LogP) is 2.60. The number of amides is 1. The zero-order valence-electron chi connectivity index (χ0n) is 10.3. The molecule has 2 N–H and O–H groups in total. The summed E-state index contributed by atoms with van der Waals surface area (Å²) in [4.78, 5) is 11.7. The molecule has 0 bridgehead atoms. The van der Waals surface area contributed by atoms with Crippen LogP contribution in [0.15, 0.2) is 16.6 Å². The van der Waals surface area contributed by atoms with Crippen molar-refractivity contribution in [3.05, 3.63) is 33.8 Å². The molecule has 1 unspecified atom stereocenters. The molecule has 1 atom stereocenters. The molecule has 1 aromatic rings. The lowest BCUT2D eigenvalue weighted by Gasteiger charge is -2.11. The number of halogens is 3. The van der Waals surface area contributed by atoms with E-state index in [4.69, 9.17) is 0 Å². The summed E-state index contributed by atoms with van der Waals surface area (Å²) < 4.78 is 27.4. The molecule has 6 heteroatoms. The fourth-order valence-corrected chi connectivity index (χ4v) is 2.61. The van der Waals surface area contributed by atoms with Gasteiger partial charge in [-0.3, -0.25) is 4.79 Å². The van der Waals surface area contributed by atoms with Gasteiger partial charge in [0, 0.05) is 17.1 Å². The monoisotopic (exact) mass is 332 g/mol. The Balaban J connectivity index is 1.92. The largest absolute Gasteiger partial charge is 0.352 e. The van der Waals surface area contributed by atoms with E-state index in [0.717, 1.165) is 37.9 Å². The van der Waals surface area contributed by atoms with Crippen LogP contribution in [0.3, 0.4) is 0 Å². The Bertz CT molecular complexity index is 453. The molecule has 1 saturated heterocycles. The van der Waals surface area contributed by atoms with Crippen LogP contribution < -0.4 is 10.6 Å². The maximum absolute atomic E-state index is 13.5. The van der Waals surface area contributed by atoms with Crippen molar-refractivity contribution in [2.45, 2.75) is 25.3 Å². The highest BCUT2D eigenvalue weighted by atomic mass is 79.9. The molecular weight excluding hydrogens is 318 g/mol. The first-order valence-corrected chi connectivity index (χ1v) is 7.03. The quantitative estimate of drug-likeness (QED) is 0.889. The van der Waals surface area contributed by atoms with Crippen LogP contribution in [-0.4, -0.2) is 25.0 Å². The fourth-order valence-electron chi connectivity index (χ4n) is 2.21. The summed E-state index contributed by atoms with van der Waals surface area (Å²) in [7, 11) is 0. The van der Waals surface area contributed by atoms with Crippen molar-refractivity contribution in [2.75, 3.05) is 13.1 Å². The van der Waals surface area contributed by atoms with Crippen molar-refractivity contribution in [1.29, 1.82) is 0 Å². The summed E-state index contributed by atoms with van der Waals surface area (Å²) in [6.07, 6.45) is 2.98. The van der Waals surface area contributed by atoms with Gasteiger partial charge in [-0.1, -0.05) is 15.9 Å². The summed E-state index contributed by atoms with van der Waals surface area (Å²) in [5, 5.41) is 5.85. The first-order chi connectivity index (χ1) is 9.08. The molecule has 0 aromatic heterocycles. The van der Waals surface area contributed by atoms with Gasteiger partial charge in [0.05, 0.1) is 0 Å². The van der Waals surface area contributed by atoms with E-state index in [1.54, 1.807) is 0 Å². The van der Waals surface area contributed by atoms with E-state index in [-0.39, 0.29) is 4.47 Å². The molecule has 0 radical (unpaired) electrons. The van der Waals surface area contributed by atoms with Crippen LogP contribution in [0, 0.1) is 11.6 Å².